The van der Waals surface area contributed by atoms with E-state index in [0.29, 0.717) is 23.6 Å². The van der Waals surface area contributed by atoms with Crippen LogP contribution in [0, 0.1) is 12.7 Å². The SMILES string of the molecule is C=C(COc1ccc2ccccc2c1)Nc1ccc(C)c(F)c1. The van der Waals surface area contributed by atoms with Crippen LogP contribution in [0.1, 0.15) is 5.56 Å². The molecule has 0 aromatic heterocycles. The lowest BCUT2D eigenvalue weighted by Crippen LogP contribution is -2.08. The first kappa shape index (κ1) is 15.1. The molecule has 0 atom stereocenters. The molecule has 0 amide bonds. The lowest BCUT2D eigenvalue weighted by molar-refractivity contribution is 0.354. The van der Waals surface area contributed by atoms with Crippen LogP contribution >= 0.6 is 0 Å². The number of nitrogens with one attached hydrogen (secondary N) is 1. The maximum absolute atomic E-state index is 13.5. The van der Waals surface area contributed by atoms with E-state index >= 15 is 0 Å². The highest BCUT2D eigenvalue weighted by molar-refractivity contribution is 5.83. The molecule has 3 aromatic rings. The van der Waals surface area contributed by atoms with Gasteiger partial charge in [0.25, 0.3) is 0 Å². The van der Waals surface area contributed by atoms with Gasteiger partial charge in [0.1, 0.15) is 18.2 Å². The van der Waals surface area contributed by atoms with E-state index in [0.717, 1.165) is 11.1 Å². The highest BCUT2D eigenvalue weighted by atomic mass is 19.1. The zero-order valence-corrected chi connectivity index (χ0v) is 13.0. The molecule has 0 saturated carbocycles. The maximum Gasteiger partial charge on any atom is 0.128 e. The van der Waals surface area contributed by atoms with Crippen LogP contribution in [0.2, 0.25) is 0 Å². The Morgan fingerprint density at radius 2 is 1.83 bits per heavy atom. The second-order valence-corrected chi connectivity index (χ2v) is 5.49. The first-order valence-corrected chi connectivity index (χ1v) is 7.44. The zero-order valence-electron chi connectivity index (χ0n) is 13.0. The molecule has 3 aromatic carbocycles. The average Bonchev–Trinajstić information content (AvgIpc) is 2.56. The molecule has 0 aliphatic carbocycles. The van der Waals surface area contributed by atoms with Crippen molar-refractivity contribution in [3.8, 4) is 5.75 Å². The van der Waals surface area contributed by atoms with Crippen molar-refractivity contribution in [2.45, 2.75) is 6.92 Å². The smallest absolute Gasteiger partial charge is 0.128 e. The Bertz CT molecular complexity index is 857. The second-order valence-electron chi connectivity index (χ2n) is 5.49. The minimum absolute atomic E-state index is 0.238. The molecule has 0 spiro atoms. The van der Waals surface area contributed by atoms with Crippen LogP contribution < -0.4 is 10.1 Å². The van der Waals surface area contributed by atoms with E-state index < -0.39 is 0 Å². The molecule has 0 unspecified atom stereocenters. The van der Waals surface area contributed by atoms with Crippen LogP contribution in [0.15, 0.2) is 72.9 Å². The van der Waals surface area contributed by atoms with Gasteiger partial charge in [0.15, 0.2) is 0 Å². The molecular formula is C20H18FNO. The van der Waals surface area contributed by atoms with Gasteiger partial charge in [-0.3, -0.25) is 0 Å². The van der Waals surface area contributed by atoms with Crippen molar-refractivity contribution in [2.24, 2.45) is 0 Å². The predicted molar refractivity (Wildman–Crippen MR) is 93.3 cm³/mol. The van der Waals surface area contributed by atoms with E-state index in [2.05, 4.69) is 18.0 Å². The van der Waals surface area contributed by atoms with Gasteiger partial charge in [-0.15, -0.1) is 0 Å². The van der Waals surface area contributed by atoms with Gasteiger partial charge in [-0.1, -0.05) is 43.0 Å². The molecule has 3 heteroatoms. The Kier molecular flexibility index (Phi) is 4.29. The lowest BCUT2D eigenvalue weighted by atomic mass is 10.1. The van der Waals surface area contributed by atoms with Crippen molar-refractivity contribution in [3.05, 3.63) is 84.3 Å². The third-order valence-electron chi connectivity index (χ3n) is 3.63. The van der Waals surface area contributed by atoms with Crippen LogP contribution in [0.5, 0.6) is 5.75 Å². The number of halogens is 1. The number of anilines is 1. The van der Waals surface area contributed by atoms with E-state index in [1.54, 1.807) is 13.0 Å². The number of rotatable bonds is 5. The van der Waals surface area contributed by atoms with Crippen LogP contribution in [0.4, 0.5) is 10.1 Å². The monoisotopic (exact) mass is 307 g/mol. The first-order valence-electron chi connectivity index (χ1n) is 7.44. The van der Waals surface area contributed by atoms with Gasteiger partial charge in [0.2, 0.25) is 0 Å². The van der Waals surface area contributed by atoms with Crippen molar-refractivity contribution in [3.63, 3.8) is 0 Å². The normalized spacial score (nSPS) is 10.5. The summed E-state index contributed by atoms with van der Waals surface area (Å²) in [6.07, 6.45) is 0. The molecule has 0 radical (unpaired) electrons. The highest BCUT2D eigenvalue weighted by Crippen LogP contribution is 2.21. The third kappa shape index (κ3) is 3.69. The Morgan fingerprint density at radius 1 is 1.04 bits per heavy atom. The number of hydrogen-bond donors (Lipinski definition) is 1. The third-order valence-corrected chi connectivity index (χ3v) is 3.63. The molecule has 0 fully saturated rings. The molecular weight excluding hydrogens is 289 g/mol. The lowest BCUT2D eigenvalue weighted by Gasteiger charge is -2.12. The Hall–Kier alpha value is -2.81. The Balaban J connectivity index is 1.62. The highest BCUT2D eigenvalue weighted by Gasteiger charge is 2.02. The molecule has 0 heterocycles. The molecule has 0 bridgehead atoms. The molecule has 0 aliphatic heterocycles. The molecule has 3 rings (SSSR count). The molecule has 2 nitrogen and oxygen atoms in total. The Morgan fingerprint density at radius 3 is 2.61 bits per heavy atom. The van der Waals surface area contributed by atoms with Crippen molar-refractivity contribution in [2.75, 3.05) is 11.9 Å². The summed E-state index contributed by atoms with van der Waals surface area (Å²) in [6, 6.07) is 19.1. The van der Waals surface area contributed by atoms with Gasteiger partial charge in [-0.2, -0.15) is 0 Å². The summed E-state index contributed by atoms with van der Waals surface area (Å²) in [5.74, 6) is 0.542. The number of fused-ring (bicyclic) bond motifs is 1. The van der Waals surface area contributed by atoms with Crippen LogP contribution in [0.3, 0.4) is 0 Å². The van der Waals surface area contributed by atoms with Crippen LogP contribution in [-0.2, 0) is 0 Å². The molecule has 116 valence electrons. The quantitative estimate of drug-likeness (QED) is 0.691. The van der Waals surface area contributed by atoms with Gasteiger partial charge in [0.05, 0.1) is 0 Å². The summed E-state index contributed by atoms with van der Waals surface area (Å²) in [5, 5.41) is 5.36. The minimum Gasteiger partial charge on any atom is -0.487 e. The fraction of sp³-hybridized carbons (Fsp3) is 0.100. The maximum atomic E-state index is 13.5. The summed E-state index contributed by atoms with van der Waals surface area (Å²) in [7, 11) is 0. The number of hydrogen-bond acceptors (Lipinski definition) is 2. The van der Waals surface area contributed by atoms with E-state index in [1.807, 2.05) is 42.5 Å². The van der Waals surface area contributed by atoms with Gasteiger partial charge < -0.3 is 10.1 Å². The predicted octanol–water partition coefficient (Wildman–Crippen LogP) is 5.29. The van der Waals surface area contributed by atoms with Gasteiger partial charge in [0, 0.05) is 11.4 Å². The Labute approximate surface area is 135 Å². The van der Waals surface area contributed by atoms with Crippen molar-refractivity contribution >= 4 is 16.5 Å². The van der Waals surface area contributed by atoms with Crippen molar-refractivity contribution in [1.82, 2.24) is 0 Å². The summed E-state index contributed by atoms with van der Waals surface area (Å²) < 4.78 is 19.3. The van der Waals surface area contributed by atoms with Gasteiger partial charge in [-0.05, 0) is 47.5 Å². The van der Waals surface area contributed by atoms with Crippen molar-refractivity contribution in [1.29, 1.82) is 0 Å². The number of aryl methyl sites for hydroxylation is 1. The van der Waals surface area contributed by atoms with E-state index in [4.69, 9.17) is 4.74 Å². The topological polar surface area (TPSA) is 21.3 Å². The fourth-order valence-electron chi connectivity index (χ4n) is 2.34. The number of benzene rings is 3. The second kappa shape index (κ2) is 6.53. The summed E-state index contributed by atoms with van der Waals surface area (Å²) in [4.78, 5) is 0. The van der Waals surface area contributed by atoms with Crippen molar-refractivity contribution < 1.29 is 9.13 Å². The largest absolute Gasteiger partial charge is 0.487 e. The van der Waals surface area contributed by atoms with E-state index in [1.165, 1.54) is 11.5 Å². The van der Waals surface area contributed by atoms with Crippen LogP contribution in [0.25, 0.3) is 10.8 Å². The van der Waals surface area contributed by atoms with E-state index in [9.17, 15) is 4.39 Å². The van der Waals surface area contributed by atoms with Gasteiger partial charge in [-0.25, -0.2) is 4.39 Å². The number of ether oxygens (including phenoxy) is 1. The van der Waals surface area contributed by atoms with Gasteiger partial charge >= 0.3 is 0 Å². The summed E-state index contributed by atoms with van der Waals surface area (Å²) in [6.45, 7) is 5.97. The first-order chi connectivity index (χ1) is 11.1. The average molecular weight is 307 g/mol. The fourth-order valence-corrected chi connectivity index (χ4v) is 2.34. The molecule has 23 heavy (non-hydrogen) atoms. The summed E-state index contributed by atoms with van der Waals surface area (Å²) >= 11 is 0. The summed E-state index contributed by atoms with van der Waals surface area (Å²) in [5.41, 5.74) is 1.95. The van der Waals surface area contributed by atoms with Crippen LogP contribution in [-0.4, -0.2) is 6.61 Å². The zero-order chi connectivity index (χ0) is 16.2. The molecule has 0 aliphatic rings. The standard InChI is InChI=1S/C20H18FNO/c1-14-7-9-18(12-20(14)21)22-15(2)13-23-19-10-8-16-5-3-4-6-17(16)11-19/h3-12,22H,2,13H2,1H3. The minimum atomic E-state index is -0.238. The molecule has 1 N–H and O–H groups in total. The molecule has 0 saturated heterocycles. The van der Waals surface area contributed by atoms with E-state index in [-0.39, 0.29) is 5.82 Å².